The third-order valence-corrected chi connectivity index (χ3v) is 9.20. The van der Waals surface area contributed by atoms with E-state index < -0.39 is 0 Å². The van der Waals surface area contributed by atoms with E-state index in [-0.39, 0.29) is 30.7 Å². The number of benzene rings is 2. The summed E-state index contributed by atoms with van der Waals surface area (Å²) < 4.78 is 13.0. The maximum Gasteiger partial charge on any atom is 0.227 e. The number of pyridine rings is 1. The highest BCUT2D eigenvalue weighted by Gasteiger charge is 2.24. The molecule has 5 aromatic rings. The van der Waals surface area contributed by atoms with Gasteiger partial charge in [-0.2, -0.15) is 4.98 Å². The lowest BCUT2D eigenvalue weighted by atomic mass is 10.1. The smallest absolute Gasteiger partial charge is 0.227 e. The van der Waals surface area contributed by atoms with Crippen LogP contribution in [0.25, 0.3) is 16.9 Å². The summed E-state index contributed by atoms with van der Waals surface area (Å²) in [6.45, 7) is 6.15. The van der Waals surface area contributed by atoms with Gasteiger partial charge in [-0.1, -0.05) is 41.9 Å². The molecule has 0 bridgehead atoms. The molecule has 14 heteroatoms. The number of amides is 1. The number of imidazole rings is 1. The molecule has 0 aliphatic carbocycles. The van der Waals surface area contributed by atoms with Gasteiger partial charge in [-0.15, -0.1) is 24.8 Å². The number of halogens is 3. The van der Waals surface area contributed by atoms with Gasteiger partial charge < -0.3 is 33.5 Å². The Morgan fingerprint density at radius 1 is 0.796 bits per heavy atom. The lowest BCUT2D eigenvalue weighted by molar-refractivity contribution is -0.130. The molecule has 0 saturated carbocycles. The molecule has 11 nitrogen and oxygen atoms in total. The number of rotatable bonds is 8. The number of carbonyl (C=O) groups excluding carboxylic acids is 1. The van der Waals surface area contributed by atoms with Gasteiger partial charge in [0.15, 0.2) is 0 Å². The molecular formula is C35H39Cl3N8O3. The largest absolute Gasteiger partial charge is 0.496 e. The minimum Gasteiger partial charge on any atom is -0.496 e. The summed E-state index contributed by atoms with van der Waals surface area (Å²) in [4.78, 5) is 36.1. The number of hydrogen-bond acceptors (Lipinski definition) is 9. The normalized spacial score (nSPS) is 14.7. The number of aromatic nitrogens is 4. The van der Waals surface area contributed by atoms with Crippen molar-refractivity contribution >= 4 is 65.4 Å². The highest BCUT2D eigenvalue weighted by Crippen LogP contribution is 2.38. The summed E-state index contributed by atoms with van der Waals surface area (Å²) in [5, 5.41) is 0.502. The van der Waals surface area contributed by atoms with Gasteiger partial charge in [0.1, 0.15) is 23.0 Å². The second-order valence-corrected chi connectivity index (χ2v) is 12.1. The first-order valence-corrected chi connectivity index (χ1v) is 16.2. The first kappa shape index (κ1) is 35.8. The average molecular weight is 726 g/mol. The van der Waals surface area contributed by atoms with Crippen LogP contribution in [0.3, 0.4) is 0 Å². The number of piperazine rings is 2. The van der Waals surface area contributed by atoms with Crippen LogP contribution >= 0.6 is 36.4 Å². The van der Waals surface area contributed by atoms with Crippen molar-refractivity contribution in [3.05, 3.63) is 89.8 Å². The van der Waals surface area contributed by atoms with Crippen LogP contribution in [0.1, 0.15) is 5.56 Å². The van der Waals surface area contributed by atoms with E-state index in [1.165, 1.54) is 0 Å². The summed E-state index contributed by atoms with van der Waals surface area (Å²) >= 11 is 6.43. The highest BCUT2D eigenvalue weighted by atomic mass is 35.5. The molecule has 0 atom stereocenters. The fraction of sp³-hybridized carbons (Fsp3) is 0.314. The SMILES string of the molecule is COc1cc(OC)c(-c2cn3ccc(N4CCN(c5nccc(N6CCN(C(=O)Cc7ccccc7)CC6)n5)CC4)cc3n2)cc1Cl.Cl.Cl. The van der Waals surface area contributed by atoms with Crippen LogP contribution in [0.15, 0.2) is 79.3 Å². The van der Waals surface area contributed by atoms with Gasteiger partial charge in [0.25, 0.3) is 0 Å². The van der Waals surface area contributed by atoms with E-state index in [4.69, 9.17) is 31.0 Å². The molecule has 0 unspecified atom stereocenters. The molecule has 2 fully saturated rings. The van der Waals surface area contributed by atoms with E-state index in [1.807, 2.05) is 70.4 Å². The van der Waals surface area contributed by atoms with Gasteiger partial charge in [0.2, 0.25) is 11.9 Å². The van der Waals surface area contributed by atoms with Crippen molar-refractivity contribution in [3.8, 4) is 22.8 Å². The van der Waals surface area contributed by atoms with Crippen LogP contribution in [0.4, 0.5) is 17.5 Å². The number of anilines is 3. The Morgan fingerprint density at radius 2 is 1.49 bits per heavy atom. The Kier molecular flexibility index (Phi) is 11.6. The van der Waals surface area contributed by atoms with Crippen LogP contribution in [0.5, 0.6) is 11.5 Å². The topological polar surface area (TPSA) is 91.6 Å². The summed E-state index contributed by atoms with van der Waals surface area (Å²) in [5.41, 5.74) is 4.58. The number of fused-ring (bicyclic) bond motifs is 1. The van der Waals surface area contributed by atoms with Gasteiger partial charge in [0, 0.05) is 94.3 Å². The molecule has 3 aromatic heterocycles. The predicted molar refractivity (Wildman–Crippen MR) is 199 cm³/mol. The van der Waals surface area contributed by atoms with Gasteiger partial charge in [-0.25, -0.2) is 9.97 Å². The molecule has 0 N–H and O–H groups in total. The Morgan fingerprint density at radius 3 is 2.20 bits per heavy atom. The highest BCUT2D eigenvalue weighted by molar-refractivity contribution is 6.32. The fourth-order valence-electron chi connectivity index (χ4n) is 6.26. The Labute approximate surface area is 303 Å². The lowest BCUT2D eigenvalue weighted by Gasteiger charge is -2.37. The van der Waals surface area contributed by atoms with Gasteiger partial charge in [0.05, 0.1) is 31.4 Å². The maximum atomic E-state index is 12.8. The lowest BCUT2D eigenvalue weighted by Crippen LogP contribution is -2.50. The molecule has 5 heterocycles. The zero-order chi connectivity index (χ0) is 32.3. The summed E-state index contributed by atoms with van der Waals surface area (Å²) in [5.74, 6) is 3.02. The standard InChI is InChI=1S/C35H37ClN8O3.2ClH/c1-46-30-23-31(47-2)28(36)22-27(30)29-24-44-11-9-26(21-33(44)38-29)40-12-18-43(19-13-40)35-37-10-8-32(39-35)41-14-16-42(17-15-41)34(45)20-25-6-4-3-5-7-25;;/h3-11,21-24H,12-20H2,1-2H3;2*1H. The first-order chi connectivity index (χ1) is 23.0. The molecule has 2 aliphatic heterocycles. The number of hydrogen-bond donors (Lipinski definition) is 0. The van der Waals surface area contributed by atoms with Crippen molar-refractivity contribution in [2.45, 2.75) is 6.42 Å². The molecule has 2 saturated heterocycles. The average Bonchev–Trinajstić information content (AvgIpc) is 3.56. The van der Waals surface area contributed by atoms with Gasteiger partial charge >= 0.3 is 0 Å². The van der Waals surface area contributed by atoms with Crippen LogP contribution in [0.2, 0.25) is 5.02 Å². The number of carbonyl (C=O) groups is 1. The van der Waals surface area contributed by atoms with Crippen molar-refractivity contribution in [2.75, 3.05) is 81.3 Å². The third kappa shape index (κ3) is 7.74. The van der Waals surface area contributed by atoms with Crippen molar-refractivity contribution in [1.82, 2.24) is 24.3 Å². The van der Waals surface area contributed by atoms with Crippen molar-refractivity contribution in [1.29, 1.82) is 0 Å². The third-order valence-electron chi connectivity index (χ3n) is 8.90. The maximum absolute atomic E-state index is 12.8. The molecule has 2 aromatic carbocycles. The van der Waals surface area contributed by atoms with E-state index in [0.717, 1.165) is 79.2 Å². The first-order valence-electron chi connectivity index (χ1n) is 15.8. The van der Waals surface area contributed by atoms with Crippen LogP contribution in [-0.4, -0.2) is 96.7 Å². The van der Waals surface area contributed by atoms with E-state index in [9.17, 15) is 4.79 Å². The molecule has 258 valence electrons. The monoisotopic (exact) mass is 724 g/mol. The molecule has 7 rings (SSSR count). The minimum absolute atomic E-state index is 0. The van der Waals surface area contributed by atoms with E-state index in [1.54, 1.807) is 20.3 Å². The van der Waals surface area contributed by atoms with Crippen LogP contribution in [-0.2, 0) is 11.2 Å². The van der Waals surface area contributed by atoms with Gasteiger partial charge in [-0.3, -0.25) is 4.79 Å². The Balaban J connectivity index is 0.00000234. The molecule has 1 amide bonds. The van der Waals surface area contributed by atoms with Crippen molar-refractivity contribution in [2.24, 2.45) is 0 Å². The fourth-order valence-corrected chi connectivity index (χ4v) is 6.50. The second kappa shape index (κ2) is 15.8. The van der Waals surface area contributed by atoms with Crippen molar-refractivity contribution in [3.63, 3.8) is 0 Å². The summed E-state index contributed by atoms with van der Waals surface area (Å²) in [7, 11) is 3.21. The number of methoxy groups -OCH3 is 2. The Bertz CT molecular complexity index is 1880. The molecule has 0 radical (unpaired) electrons. The zero-order valence-electron chi connectivity index (χ0n) is 27.4. The predicted octanol–water partition coefficient (Wildman–Crippen LogP) is 5.52. The van der Waals surface area contributed by atoms with Crippen LogP contribution in [0, 0.1) is 0 Å². The number of ether oxygens (including phenoxy) is 2. The summed E-state index contributed by atoms with van der Waals surface area (Å²) in [6, 6.07) is 19.7. The van der Waals surface area contributed by atoms with Gasteiger partial charge in [-0.05, 0) is 23.8 Å². The zero-order valence-corrected chi connectivity index (χ0v) is 29.8. The quantitative estimate of drug-likeness (QED) is 0.205. The molecule has 0 spiro atoms. The minimum atomic E-state index is 0. The molecular weight excluding hydrogens is 687 g/mol. The van der Waals surface area contributed by atoms with Crippen molar-refractivity contribution < 1.29 is 14.3 Å². The van der Waals surface area contributed by atoms with Crippen LogP contribution < -0.4 is 24.2 Å². The Hall–Kier alpha value is -4.45. The van der Waals surface area contributed by atoms with E-state index in [2.05, 4.69) is 31.8 Å². The molecule has 49 heavy (non-hydrogen) atoms. The summed E-state index contributed by atoms with van der Waals surface area (Å²) in [6.07, 6.45) is 6.29. The molecule has 2 aliphatic rings. The van der Waals surface area contributed by atoms with E-state index >= 15 is 0 Å². The number of nitrogens with zero attached hydrogens (tertiary/aromatic N) is 8. The van der Waals surface area contributed by atoms with E-state index in [0.29, 0.717) is 36.0 Å². The second-order valence-electron chi connectivity index (χ2n) is 11.7.